The summed E-state index contributed by atoms with van der Waals surface area (Å²) in [5, 5.41) is 9.85. The van der Waals surface area contributed by atoms with Gasteiger partial charge in [0.1, 0.15) is 0 Å². The largest absolute Gasteiger partial charge is 0.351 e. The second-order valence-electron chi connectivity index (χ2n) is 2.84. The first-order valence-corrected chi connectivity index (χ1v) is 4.29. The zero-order chi connectivity index (χ0) is 10.7. The van der Waals surface area contributed by atoms with E-state index >= 15 is 0 Å². The van der Waals surface area contributed by atoms with Crippen molar-refractivity contribution >= 4 is 17.5 Å². The molecule has 3 N–H and O–H groups in total. The van der Waals surface area contributed by atoms with Gasteiger partial charge in [-0.05, 0) is 12.1 Å². The minimum atomic E-state index is -0.602. The summed E-state index contributed by atoms with van der Waals surface area (Å²) in [6, 6.07) is 8.40. The molecule has 2 aromatic rings. The molecule has 0 aliphatic carbocycles. The van der Waals surface area contributed by atoms with Crippen LogP contribution in [0.1, 0.15) is 0 Å². The van der Waals surface area contributed by atoms with Crippen LogP contribution in [0.15, 0.2) is 36.5 Å². The van der Waals surface area contributed by atoms with E-state index in [0.717, 1.165) is 0 Å². The maximum Gasteiger partial charge on any atom is 0.325 e. The van der Waals surface area contributed by atoms with E-state index in [-0.39, 0.29) is 0 Å². The summed E-state index contributed by atoms with van der Waals surface area (Å²) in [6.45, 7) is 0. The van der Waals surface area contributed by atoms with Gasteiger partial charge in [-0.25, -0.2) is 9.69 Å². The highest BCUT2D eigenvalue weighted by Gasteiger charge is 2.16. The fraction of sp³-hybridized carbons (Fsp3) is 0. The number of para-hydroxylation sites is 1. The van der Waals surface area contributed by atoms with Crippen molar-refractivity contribution < 1.29 is 4.79 Å². The highest BCUT2D eigenvalue weighted by molar-refractivity contribution is 5.97. The van der Waals surface area contributed by atoms with E-state index < -0.39 is 6.03 Å². The number of carbonyl (C=O) groups excluding carboxylic acids is 1. The van der Waals surface area contributed by atoms with Crippen molar-refractivity contribution in [2.45, 2.75) is 0 Å². The van der Waals surface area contributed by atoms with Crippen molar-refractivity contribution in [3.05, 3.63) is 36.5 Å². The van der Waals surface area contributed by atoms with E-state index in [1.54, 1.807) is 12.1 Å². The predicted molar refractivity (Wildman–Crippen MR) is 54.5 cm³/mol. The number of aromatic nitrogens is 3. The van der Waals surface area contributed by atoms with Crippen LogP contribution in [0, 0.1) is 0 Å². The summed E-state index contributed by atoms with van der Waals surface area (Å²) in [4.78, 5) is 12.5. The number of amides is 2. The van der Waals surface area contributed by atoms with Gasteiger partial charge in [-0.2, -0.15) is 10.3 Å². The van der Waals surface area contributed by atoms with Gasteiger partial charge in [0.25, 0.3) is 0 Å². The number of primary amides is 1. The van der Waals surface area contributed by atoms with Crippen LogP contribution >= 0.6 is 0 Å². The Kier molecular flexibility index (Phi) is 2.32. The van der Waals surface area contributed by atoms with Crippen LogP contribution in [-0.2, 0) is 0 Å². The molecule has 0 bridgehead atoms. The fourth-order valence-electron chi connectivity index (χ4n) is 1.25. The molecule has 0 aliphatic rings. The highest BCUT2D eigenvalue weighted by Crippen LogP contribution is 2.21. The summed E-state index contributed by atoms with van der Waals surface area (Å²) < 4.78 is 0. The number of nitrogens with two attached hydrogens (primary N) is 1. The first kappa shape index (κ1) is 9.20. The van der Waals surface area contributed by atoms with Gasteiger partial charge < -0.3 is 5.73 Å². The van der Waals surface area contributed by atoms with Crippen LogP contribution in [-0.4, -0.2) is 21.4 Å². The lowest BCUT2D eigenvalue weighted by Crippen LogP contribution is -2.31. The van der Waals surface area contributed by atoms with Crippen molar-refractivity contribution in [1.29, 1.82) is 0 Å². The second-order valence-corrected chi connectivity index (χ2v) is 2.84. The molecule has 0 atom stereocenters. The minimum absolute atomic E-state index is 0.369. The highest BCUT2D eigenvalue weighted by atomic mass is 16.2. The Bertz CT molecular complexity index is 439. The molecule has 1 aromatic heterocycles. The van der Waals surface area contributed by atoms with Gasteiger partial charge in [0, 0.05) is 0 Å². The van der Waals surface area contributed by atoms with Crippen molar-refractivity contribution in [2.75, 3.05) is 4.90 Å². The Balaban J connectivity index is 2.42. The zero-order valence-corrected chi connectivity index (χ0v) is 7.79. The van der Waals surface area contributed by atoms with Crippen molar-refractivity contribution in [2.24, 2.45) is 5.73 Å². The van der Waals surface area contributed by atoms with Crippen LogP contribution in [0.25, 0.3) is 0 Å². The fourth-order valence-corrected chi connectivity index (χ4v) is 1.25. The molecule has 0 aliphatic heterocycles. The molecule has 0 fully saturated rings. The number of urea groups is 1. The number of hydrogen-bond donors (Lipinski definition) is 2. The van der Waals surface area contributed by atoms with Crippen molar-refractivity contribution in [3.8, 4) is 0 Å². The number of rotatable bonds is 2. The maximum atomic E-state index is 11.3. The number of nitrogens with zero attached hydrogens (tertiary/aromatic N) is 3. The van der Waals surface area contributed by atoms with E-state index in [2.05, 4.69) is 15.4 Å². The van der Waals surface area contributed by atoms with Crippen molar-refractivity contribution in [3.63, 3.8) is 0 Å². The SMILES string of the molecule is NC(=O)N(c1ccccc1)c1cn[nH]n1. The second kappa shape index (κ2) is 3.79. The topological polar surface area (TPSA) is 87.9 Å². The molecule has 0 radical (unpaired) electrons. The van der Waals surface area contributed by atoms with Crippen LogP contribution in [0.4, 0.5) is 16.3 Å². The molecule has 0 spiro atoms. The minimum Gasteiger partial charge on any atom is -0.351 e. The standard InChI is InChI=1S/C9H9N5O/c10-9(15)14(8-6-11-13-12-8)7-4-2-1-3-5-7/h1-6H,(H2,10,15)(H,11,12,13). The molecule has 1 heterocycles. The van der Waals surface area contributed by atoms with E-state index in [9.17, 15) is 4.79 Å². The van der Waals surface area contributed by atoms with Crippen LogP contribution in [0.3, 0.4) is 0 Å². The molecule has 6 nitrogen and oxygen atoms in total. The third-order valence-electron chi connectivity index (χ3n) is 1.87. The van der Waals surface area contributed by atoms with E-state index in [0.29, 0.717) is 11.5 Å². The molecule has 2 rings (SSSR count). The molecule has 1 aromatic carbocycles. The van der Waals surface area contributed by atoms with Gasteiger partial charge in [0.05, 0.1) is 11.9 Å². The van der Waals surface area contributed by atoms with Gasteiger partial charge in [0.15, 0.2) is 5.82 Å². The monoisotopic (exact) mass is 203 g/mol. The maximum absolute atomic E-state index is 11.3. The average Bonchev–Trinajstić information content (AvgIpc) is 2.72. The third-order valence-corrected chi connectivity index (χ3v) is 1.87. The molecule has 0 saturated heterocycles. The number of H-pyrrole nitrogens is 1. The van der Waals surface area contributed by atoms with E-state index in [1.165, 1.54) is 11.1 Å². The van der Waals surface area contributed by atoms with Gasteiger partial charge in [-0.1, -0.05) is 18.2 Å². The number of hydrogen-bond acceptors (Lipinski definition) is 3. The Morgan fingerprint density at radius 2 is 2.07 bits per heavy atom. The van der Waals surface area contributed by atoms with Crippen LogP contribution in [0.2, 0.25) is 0 Å². The number of benzene rings is 1. The molecule has 76 valence electrons. The number of carbonyl (C=O) groups is 1. The van der Waals surface area contributed by atoms with Crippen LogP contribution < -0.4 is 10.6 Å². The average molecular weight is 203 g/mol. The Labute approximate surface area is 85.7 Å². The molecule has 0 unspecified atom stereocenters. The van der Waals surface area contributed by atoms with E-state index in [4.69, 9.17) is 5.73 Å². The quantitative estimate of drug-likeness (QED) is 0.763. The molecule has 15 heavy (non-hydrogen) atoms. The van der Waals surface area contributed by atoms with E-state index in [1.807, 2.05) is 18.2 Å². The van der Waals surface area contributed by atoms with Gasteiger partial charge in [-0.15, -0.1) is 5.10 Å². The number of anilines is 2. The smallest absolute Gasteiger partial charge is 0.325 e. The Morgan fingerprint density at radius 1 is 1.33 bits per heavy atom. The van der Waals surface area contributed by atoms with Gasteiger partial charge in [-0.3, -0.25) is 0 Å². The van der Waals surface area contributed by atoms with Gasteiger partial charge >= 0.3 is 6.03 Å². The first-order chi connectivity index (χ1) is 7.29. The van der Waals surface area contributed by atoms with Crippen LogP contribution in [0.5, 0.6) is 0 Å². The molecule has 0 saturated carbocycles. The summed E-state index contributed by atoms with van der Waals surface area (Å²) in [5.41, 5.74) is 5.92. The Morgan fingerprint density at radius 3 is 2.60 bits per heavy atom. The lowest BCUT2D eigenvalue weighted by molar-refractivity contribution is 0.256. The molecular weight excluding hydrogens is 194 g/mol. The summed E-state index contributed by atoms with van der Waals surface area (Å²) in [7, 11) is 0. The molecule has 2 amide bonds. The third kappa shape index (κ3) is 1.78. The lowest BCUT2D eigenvalue weighted by atomic mass is 10.3. The summed E-state index contributed by atoms with van der Waals surface area (Å²) in [6.07, 6.45) is 1.43. The van der Waals surface area contributed by atoms with Crippen molar-refractivity contribution in [1.82, 2.24) is 15.4 Å². The summed E-state index contributed by atoms with van der Waals surface area (Å²) >= 11 is 0. The number of aromatic amines is 1. The molecule has 6 heteroatoms. The lowest BCUT2D eigenvalue weighted by Gasteiger charge is -2.16. The summed E-state index contributed by atoms with van der Waals surface area (Å²) in [5.74, 6) is 0.369. The Hall–Kier alpha value is -2.37. The molecular formula is C9H9N5O. The van der Waals surface area contributed by atoms with Gasteiger partial charge in [0.2, 0.25) is 0 Å². The predicted octanol–water partition coefficient (Wildman–Crippen LogP) is 1.02. The first-order valence-electron chi connectivity index (χ1n) is 4.29. The number of nitrogens with one attached hydrogen (secondary N) is 1. The normalized spacial score (nSPS) is 9.87. The zero-order valence-electron chi connectivity index (χ0n) is 7.79.